The molecule has 1 saturated heterocycles. The van der Waals surface area contributed by atoms with Crippen molar-refractivity contribution in [1.29, 1.82) is 0 Å². The number of aryl methyl sites for hydroxylation is 1. The van der Waals surface area contributed by atoms with E-state index in [4.69, 9.17) is 4.74 Å². The van der Waals surface area contributed by atoms with E-state index in [1.807, 2.05) is 30.3 Å². The number of anilines is 1. The summed E-state index contributed by atoms with van der Waals surface area (Å²) in [6.45, 7) is 2.04. The highest BCUT2D eigenvalue weighted by molar-refractivity contribution is 6.01. The van der Waals surface area contributed by atoms with Crippen molar-refractivity contribution in [2.75, 3.05) is 18.1 Å². The monoisotopic (exact) mass is 351 g/mol. The number of ketones is 1. The number of hydrogen-bond donors (Lipinski definition) is 0. The molecule has 2 aromatic carbocycles. The second kappa shape index (κ2) is 7.95. The molecule has 2 aromatic rings. The van der Waals surface area contributed by atoms with Gasteiger partial charge >= 0.3 is 5.97 Å². The maximum Gasteiger partial charge on any atom is 0.311 e. The summed E-state index contributed by atoms with van der Waals surface area (Å²) in [5.41, 5.74) is 2.47. The first kappa shape index (κ1) is 17.9. The Bertz CT molecular complexity index is 799. The molecule has 0 bridgehead atoms. The number of esters is 1. The van der Waals surface area contributed by atoms with Crippen molar-refractivity contribution in [3.05, 3.63) is 65.7 Å². The zero-order valence-electron chi connectivity index (χ0n) is 14.7. The van der Waals surface area contributed by atoms with E-state index in [1.54, 1.807) is 29.2 Å². The molecule has 5 heteroatoms. The molecule has 0 aliphatic carbocycles. The normalized spacial score (nSPS) is 16.6. The second-order valence-electron chi connectivity index (χ2n) is 6.32. The Hall–Kier alpha value is -2.95. The van der Waals surface area contributed by atoms with Crippen LogP contribution < -0.4 is 4.90 Å². The number of Topliss-reactive ketones (excluding diaryl/α,β-unsaturated/α-hetero) is 1. The Labute approximate surface area is 152 Å². The van der Waals surface area contributed by atoms with Crippen LogP contribution in [0.2, 0.25) is 0 Å². The third-order valence-electron chi connectivity index (χ3n) is 4.56. The lowest BCUT2D eigenvalue weighted by molar-refractivity contribution is -0.147. The van der Waals surface area contributed by atoms with Gasteiger partial charge in [-0.2, -0.15) is 0 Å². The fraction of sp³-hybridized carbons (Fsp3) is 0.286. The Kier molecular flexibility index (Phi) is 5.46. The van der Waals surface area contributed by atoms with Crippen molar-refractivity contribution < 1.29 is 19.1 Å². The van der Waals surface area contributed by atoms with Crippen LogP contribution >= 0.6 is 0 Å². The summed E-state index contributed by atoms with van der Waals surface area (Å²) in [6, 6.07) is 16.4. The highest BCUT2D eigenvalue weighted by Gasteiger charge is 2.36. The molecule has 1 amide bonds. The number of carbonyl (C=O) groups excluding carboxylic acids is 3. The van der Waals surface area contributed by atoms with Crippen molar-refractivity contribution in [1.82, 2.24) is 0 Å². The second-order valence-corrected chi connectivity index (χ2v) is 6.32. The minimum atomic E-state index is -0.545. The van der Waals surface area contributed by atoms with Crippen LogP contribution in [-0.4, -0.2) is 30.8 Å². The van der Waals surface area contributed by atoms with Crippen LogP contribution in [0.3, 0.4) is 0 Å². The largest absolute Gasteiger partial charge is 0.457 e. The molecule has 1 aliphatic heterocycles. The molecule has 134 valence electrons. The van der Waals surface area contributed by atoms with Crippen LogP contribution in [0.15, 0.2) is 54.6 Å². The maximum absolute atomic E-state index is 12.3. The minimum Gasteiger partial charge on any atom is -0.457 e. The van der Waals surface area contributed by atoms with E-state index in [9.17, 15) is 14.4 Å². The third kappa shape index (κ3) is 3.99. The van der Waals surface area contributed by atoms with Gasteiger partial charge in [0, 0.05) is 24.2 Å². The van der Waals surface area contributed by atoms with Crippen molar-refractivity contribution in [3.8, 4) is 0 Å². The average Bonchev–Trinajstić information content (AvgIpc) is 3.08. The predicted molar refractivity (Wildman–Crippen MR) is 98.0 cm³/mol. The lowest BCUT2D eigenvalue weighted by Gasteiger charge is -2.17. The molecule has 0 spiro atoms. The summed E-state index contributed by atoms with van der Waals surface area (Å²) in [5, 5.41) is 0. The van der Waals surface area contributed by atoms with E-state index in [0.717, 1.165) is 12.1 Å². The molecule has 26 heavy (non-hydrogen) atoms. The van der Waals surface area contributed by atoms with E-state index >= 15 is 0 Å². The Morgan fingerprint density at radius 2 is 1.77 bits per heavy atom. The van der Waals surface area contributed by atoms with Gasteiger partial charge in [0.05, 0.1) is 5.92 Å². The third-order valence-corrected chi connectivity index (χ3v) is 4.56. The van der Waals surface area contributed by atoms with Crippen LogP contribution in [0.4, 0.5) is 5.69 Å². The highest BCUT2D eigenvalue weighted by atomic mass is 16.5. The summed E-state index contributed by atoms with van der Waals surface area (Å²) in [4.78, 5) is 38.1. The van der Waals surface area contributed by atoms with Gasteiger partial charge in [-0.15, -0.1) is 0 Å². The molecular weight excluding hydrogens is 330 g/mol. The molecule has 1 atom stereocenters. The molecule has 0 radical (unpaired) electrons. The van der Waals surface area contributed by atoms with Gasteiger partial charge in [-0.05, 0) is 24.1 Å². The van der Waals surface area contributed by atoms with Gasteiger partial charge in [-0.3, -0.25) is 14.4 Å². The van der Waals surface area contributed by atoms with Gasteiger partial charge in [0.15, 0.2) is 12.4 Å². The van der Waals surface area contributed by atoms with Crippen LogP contribution in [0.1, 0.15) is 29.3 Å². The molecule has 0 N–H and O–H groups in total. The Balaban J connectivity index is 1.57. The van der Waals surface area contributed by atoms with E-state index in [1.165, 1.54) is 5.56 Å². The van der Waals surface area contributed by atoms with E-state index in [-0.39, 0.29) is 31.3 Å². The van der Waals surface area contributed by atoms with E-state index < -0.39 is 11.9 Å². The quantitative estimate of drug-likeness (QED) is 0.593. The van der Waals surface area contributed by atoms with Crippen LogP contribution in [0.5, 0.6) is 0 Å². The lowest BCUT2D eigenvalue weighted by atomic mass is 10.1. The predicted octanol–water partition coefficient (Wildman–Crippen LogP) is 3.03. The molecular formula is C21H21NO4. The highest BCUT2D eigenvalue weighted by Crippen LogP contribution is 2.26. The first-order valence-electron chi connectivity index (χ1n) is 8.72. The molecule has 0 saturated carbocycles. The Morgan fingerprint density at radius 3 is 2.42 bits per heavy atom. The van der Waals surface area contributed by atoms with Crippen LogP contribution in [0.25, 0.3) is 0 Å². The summed E-state index contributed by atoms with van der Waals surface area (Å²) < 4.78 is 5.14. The van der Waals surface area contributed by atoms with Crippen LogP contribution in [0, 0.1) is 5.92 Å². The zero-order chi connectivity index (χ0) is 18.5. The number of benzene rings is 2. The average molecular weight is 351 g/mol. The number of nitrogens with zero attached hydrogens (tertiary/aromatic N) is 1. The smallest absolute Gasteiger partial charge is 0.311 e. The minimum absolute atomic E-state index is 0.105. The molecule has 0 unspecified atom stereocenters. The summed E-state index contributed by atoms with van der Waals surface area (Å²) >= 11 is 0. The van der Waals surface area contributed by atoms with Crippen molar-refractivity contribution >= 4 is 23.3 Å². The lowest BCUT2D eigenvalue weighted by Crippen LogP contribution is -2.27. The van der Waals surface area contributed by atoms with E-state index in [0.29, 0.717) is 5.56 Å². The molecule has 5 nitrogen and oxygen atoms in total. The van der Waals surface area contributed by atoms with Gasteiger partial charge in [-0.1, -0.05) is 49.4 Å². The van der Waals surface area contributed by atoms with Gasteiger partial charge in [0.1, 0.15) is 0 Å². The van der Waals surface area contributed by atoms with Crippen LogP contribution in [-0.2, 0) is 20.7 Å². The first-order chi connectivity index (χ1) is 12.6. The maximum atomic E-state index is 12.3. The van der Waals surface area contributed by atoms with Gasteiger partial charge in [-0.25, -0.2) is 0 Å². The standard InChI is InChI=1S/C21H21NO4/c1-2-15-8-10-18(11-9-15)22-13-17(12-20(22)24)21(25)26-14-19(23)16-6-4-3-5-7-16/h3-11,17H,2,12-14H2,1H3/t17-/m1/s1. The number of amides is 1. The number of rotatable bonds is 6. The fourth-order valence-electron chi connectivity index (χ4n) is 2.99. The molecule has 3 rings (SSSR count). The summed E-state index contributed by atoms with van der Waals surface area (Å²) in [7, 11) is 0. The molecule has 1 aliphatic rings. The molecule has 0 aromatic heterocycles. The van der Waals surface area contributed by atoms with Gasteiger partial charge < -0.3 is 9.64 Å². The number of ether oxygens (including phenoxy) is 1. The summed E-state index contributed by atoms with van der Waals surface area (Å²) in [5.74, 6) is -1.41. The van der Waals surface area contributed by atoms with Gasteiger partial charge in [0.25, 0.3) is 0 Å². The van der Waals surface area contributed by atoms with Crippen molar-refractivity contribution in [2.24, 2.45) is 5.92 Å². The van der Waals surface area contributed by atoms with Gasteiger partial charge in [0.2, 0.25) is 5.91 Å². The summed E-state index contributed by atoms with van der Waals surface area (Å²) in [6.07, 6.45) is 1.03. The first-order valence-corrected chi connectivity index (χ1v) is 8.72. The molecule has 1 heterocycles. The zero-order valence-corrected chi connectivity index (χ0v) is 14.7. The number of hydrogen-bond acceptors (Lipinski definition) is 4. The topological polar surface area (TPSA) is 63.7 Å². The number of carbonyl (C=O) groups is 3. The van der Waals surface area contributed by atoms with Crippen molar-refractivity contribution in [2.45, 2.75) is 19.8 Å². The Morgan fingerprint density at radius 1 is 1.08 bits per heavy atom. The van der Waals surface area contributed by atoms with Crippen molar-refractivity contribution in [3.63, 3.8) is 0 Å². The SMILES string of the molecule is CCc1ccc(N2C[C@H](C(=O)OCC(=O)c3ccccc3)CC2=O)cc1. The fourth-order valence-corrected chi connectivity index (χ4v) is 2.99. The van der Waals surface area contributed by atoms with E-state index in [2.05, 4.69) is 6.92 Å². The molecule has 1 fully saturated rings.